The lowest BCUT2D eigenvalue weighted by Crippen LogP contribution is -2.53. The molecule has 0 aromatic heterocycles. The van der Waals surface area contributed by atoms with Crippen LogP contribution in [0.15, 0.2) is 54.6 Å². The van der Waals surface area contributed by atoms with Crippen LogP contribution in [0.1, 0.15) is 10.4 Å². The van der Waals surface area contributed by atoms with Crippen molar-refractivity contribution < 1.29 is 19.1 Å². The van der Waals surface area contributed by atoms with Crippen molar-refractivity contribution in [2.75, 3.05) is 39.3 Å². The predicted octanol–water partition coefficient (Wildman–Crippen LogP) is 1.82. The zero-order valence-electron chi connectivity index (χ0n) is 15.8. The SMILES string of the molecule is O=C(NCC(=O)N1CCN(C(=O)COc2ccc(Cl)cc2)CC1)c1ccccc1. The van der Waals surface area contributed by atoms with Crippen LogP contribution in [0.25, 0.3) is 0 Å². The van der Waals surface area contributed by atoms with Gasteiger partial charge in [0.2, 0.25) is 5.91 Å². The van der Waals surface area contributed by atoms with Crippen LogP contribution in [-0.4, -0.2) is 66.9 Å². The van der Waals surface area contributed by atoms with Crippen molar-refractivity contribution in [1.82, 2.24) is 15.1 Å². The molecule has 0 saturated carbocycles. The van der Waals surface area contributed by atoms with E-state index in [1.165, 1.54) is 0 Å². The van der Waals surface area contributed by atoms with Crippen LogP contribution in [0.2, 0.25) is 5.02 Å². The number of halogens is 1. The van der Waals surface area contributed by atoms with Gasteiger partial charge in [-0.15, -0.1) is 0 Å². The Hall–Kier alpha value is -3.06. The number of rotatable bonds is 6. The first-order chi connectivity index (χ1) is 14.0. The molecule has 7 nitrogen and oxygen atoms in total. The summed E-state index contributed by atoms with van der Waals surface area (Å²) in [6.07, 6.45) is 0. The molecule has 1 N–H and O–H groups in total. The zero-order valence-corrected chi connectivity index (χ0v) is 16.6. The van der Waals surface area contributed by atoms with Gasteiger partial charge in [-0.2, -0.15) is 0 Å². The molecule has 0 atom stereocenters. The molecule has 3 rings (SSSR count). The van der Waals surface area contributed by atoms with Crippen LogP contribution in [0, 0.1) is 0 Å². The van der Waals surface area contributed by atoms with E-state index in [0.717, 1.165) is 0 Å². The summed E-state index contributed by atoms with van der Waals surface area (Å²) in [5, 5.41) is 3.23. The van der Waals surface area contributed by atoms with Gasteiger partial charge in [-0.1, -0.05) is 29.8 Å². The highest BCUT2D eigenvalue weighted by atomic mass is 35.5. The van der Waals surface area contributed by atoms with E-state index in [4.69, 9.17) is 16.3 Å². The first-order valence-corrected chi connectivity index (χ1v) is 9.68. The monoisotopic (exact) mass is 415 g/mol. The molecule has 1 heterocycles. The van der Waals surface area contributed by atoms with Crippen LogP contribution >= 0.6 is 11.6 Å². The number of carbonyl (C=O) groups excluding carboxylic acids is 3. The fourth-order valence-electron chi connectivity index (χ4n) is 2.93. The largest absolute Gasteiger partial charge is 0.484 e. The summed E-state index contributed by atoms with van der Waals surface area (Å²) < 4.78 is 5.48. The van der Waals surface area contributed by atoms with E-state index in [0.29, 0.717) is 42.5 Å². The molecule has 1 saturated heterocycles. The van der Waals surface area contributed by atoms with Crippen molar-refractivity contribution in [3.8, 4) is 5.75 Å². The van der Waals surface area contributed by atoms with Crippen LogP contribution < -0.4 is 10.1 Å². The summed E-state index contributed by atoms with van der Waals surface area (Å²) >= 11 is 5.82. The van der Waals surface area contributed by atoms with E-state index >= 15 is 0 Å². The quantitative estimate of drug-likeness (QED) is 0.780. The average molecular weight is 416 g/mol. The van der Waals surface area contributed by atoms with Crippen molar-refractivity contribution in [1.29, 1.82) is 0 Å². The van der Waals surface area contributed by atoms with Crippen molar-refractivity contribution in [2.24, 2.45) is 0 Å². The lowest BCUT2D eigenvalue weighted by Gasteiger charge is -2.34. The Morgan fingerprint density at radius 2 is 1.45 bits per heavy atom. The number of ether oxygens (including phenoxy) is 1. The maximum atomic E-state index is 12.3. The summed E-state index contributed by atoms with van der Waals surface area (Å²) in [5.74, 6) is -0.0129. The van der Waals surface area contributed by atoms with E-state index in [-0.39, 0.29) is 30.9 Å². The number of benzene rings is 2. The molecule has 2 aromatic rings. The molecule has 1 aliphatic rings. The van der Waals surface area contributed by atoms with E-state index in [2.05, 4.69) is 5.32 Å². The topological polar surface area (TPSA) is 79.0 Å². The third kappa shape index (κ3) is 5.96. The molecular weight excluding hydrogens is 394 g/mol. The first-order valence-electron chi connectivity index (χ1n) is 9.30. The minimum atomic E-state index is -0.285. The highest BCUT2D eigenvalue weighted by Gasteiger charge is 2.24. The van der Waals surface area contributed by atoms with Crippen LogP contribution in [-0.2, 0) is 9.59 Å². The van der Waals surface area contributed by atoms with Gasteiger partial charge in [-0.3, -0.25) is 14.4 Å². The molecule has 1 fully saturated rings. The van der Waals surface area contributed by atoms with Crippen LogP contribution in [0.4, 0.5) is 0 Å². The lowest BCUT2D eigenvalue weighted by atomic mass is 10.2. The summed E-state index contributed by atoms with van der Waals surface area (Å²) in [7, 11) is 0. The number of nitrogens with one attached hydrogen (secondary N) is 1. The maximum absolute atomic E-state index is 12.3. The Morgan fingerprint density at radius 1 is 0.862 bits per heavy atom. The van der Waals surface area contributed by atoms with Crippen molar-refractivity contribution >= 4 is 29.3 Å². The Kier molecular flexibility index (Phi) is 7.08. The van der Waals surface area contributed by atoms with Crippen molar-refractivity contribution in [2.45, 2.75) is 0 Å². The number of hydrogen-bond acceptors (Lipinski definition) is 4. The summed E-state index contributed by atoms with van der Waals surface area (Å²) in [6, 6.07) is 15.5. The molecule has 1 aliphatic heterocycles. The fraction of sp³-hybridized carbons (Fsp3) is 0.286. The second kappa shape index (κ2) is 9.93. The molecular formula is C21H22ClN3O4. The summed E-state index contributed by atoms with van der Waals surface area (Å²) in [6.45, 7) is 1.58. The Balaban J connectivity index is 1.39. The highest BCUT2D eigenvalue weighted by Crippen LogP contribution is 2.15. The third-order valence-corrected chi connectivity index (χ3v) is 4.85. The third-order valence-electron chi connectivity index (χ3n) is 4.60. The normalized spacial score (nSPS) is 13.7. The lowest BCUT2D eigenvalue weighted by molar-refractivity contribution is -0.140. The Morgan fingerprint density at radius 3 is 2.07 bits per heavy atom. The molecule has 29 heavy (non-hydrogen) atoms. The van der Waals surface area contributed by atoms with Gasteiger partial charge in [0.25, 0.3) is 11.8 Å². The number of carbonyl (C=O) groups is 3. The zero-order chi connectivity index (χ0) is 20.6. The number of amides is 3. The van der Waals surface area contributed by atoms with Gasteiger partial charge in [-0.25, -0.2) is 0 Å². The van der Waals surface area contributed by atoms with E-state index in [1.54, 1.807) is 58.3 Å². The number of piperazine rings is 1. The minimum absolute atomic E-state index is 0.0668. The average Bonchev–Trinajstić information content (AvgIpc) is 2.77. The number of hydrogen-bond donors (Lipinski definition) is 1. The van der Waals surface area contributed by atoms with Gasteiger partial charge in [-0.05, 0) is 36.4 Å². The van der Waals surface area contributed by atoms with E-state index in [1.807, 2.05) is 6.07 Å². The second-order valence-corrected chi connectivity index (χ2v) is 6.99. The molecule has 0 aliphatic carbocycles. The van der Waals surface area contributed by atoms with Crippen LogP contribution in [0.3, 0.4) is 0 Å². The van der Waals surface area contributed by atoms with Gasteiger partial charge in [0.05, 0.1) is 6.54 Å². The predicted molar refractivity (Wildman–Crippen MR) is 109 cm³/mol. The number of nitrogens with zero attached hydrogens (tertiary/aromatic N) is 2. The fourth-order valence-corrected chi connectivity index (χ4v) is 3.06. The smallest absolute Gasteiger partial charge is 0.260 e. The highest BCUT2D eigenvalue weighted by molar-refractivity contribution is 6.30. The molecule has 0 spiro atoms. The van der Waals surface area contributed by atoms with Crippen molar-refractivity contribution in [3.05, 3.63) is 65.2 Å². The van der Waals surface area contributed by atoms with Gasteiger partial charge < -0.3 is 19.9 Å². The van der Waals surface area contributed by atoms with E-state index < -0.39 is 0 Å². The van der Waals surface area contributed by atoms with Crippen LogP contribution in [0.5, 0.6) is 5.75 Å². The molecule has 0 bridgehead atoms. The molecule has 2 aromatic carbocycles. The Bertz CT molecular complexity index is 850. The van der Waals surface area contributed by atoms with Crippen molar-refractivity contribution in [3.63, 3.8) is 0 Å². The maximum Gasteiger partial charge on any atom is 0.260 e. The molecule has 3 amide bonds. The molecule has 152 valence electrons. The molecule has 0 radical (unpaired) electrons. The van der Waals surface area contributed by atoms with Gasteiger partial charge in [0, 0.05) is 36.8 Å². The van der Waals surface area contributed by atoms with Gasteiger partial charge in [0.1, 0.15) is 5.75 Å². The Labute approximate surface area is 174 Å². The van der Waals surface area contributed by atoms with Gasteiger partial charge in [0.15, 0.2) is 6.61 Å². The minimum Gasteiger partial charge on any atom is -0.484 e. The second-order valence-electron chi connectivity index (χ2n) is 6.55. The summed E-state index contributed by atoms with van der Waals surface area (Å²) in [5.41, 5.74) is 0.511. The first kappa shape index (κ1) is 20.7. The molecule has 0 unspecified atom stereocenters. The van der Waals surface area contributed by atoms with E-state index in [9.17, 15) is 14.4 Å². The standard InChI is InChI=1S/C21H22ClN3O4/c22-17-6-8-18(9-7-17)29-15-20(27)25-12-10-24(11-13-25)19(26)14-23-21(28)16-4-2-1-3-5-16/h1-9H,10-15H2,(H,23,28). The summed E-state index contributed by atoms with van der Waals surface area (Å²) in [4.78, 5) is 40.0. The molecule has 8 heteroatoms. The van der Waals surface area contributed by atoms with Gasteiger partial charge >= 0.3 is 0 Å².